The van der Waals surface area contributed by atoms with Gasteiger partial charge in [-0.05, 0) is 54.2 Å². The number of aryl methyl sites for hydroxylation is 1. The molecule has 3 rings (SSSR count). The van der Waals surface area contributed by atoms with Crippen LogP contribution in [0, 0.1) is 0 Å². The predicted molar refractivity (Wildman–Crippen MR) is 79.2 cm³/mol. The highest BCUT2D eigenvalue weighted by Gasteiger charge is 2.23. The molecular weight excluding hydrogens is 256 g/mol. The van der Waals surface area contributed by atoms with Gasteiger partial charge in [-0.15, -0.1) is 0 Å². The highest BCUT2D eigenvalue weighted by molar-refractivity contribution is 6.31. The van der Waals surface area contributed by atoms with E-state index < -0.39 is 0 Å². The van der Waals surface area contributed by atoms with Gasteiger partial charge < -0.3 is 4.74 Å². The van der Waals surface area contributed by atoms with Crippen molar-refractivity contribution in [3.8, 4) is 5.75 Å². The summed E-state index contributed by atoms with van der Waals surface area (Å²) in [6, 6.07) is 14.6. The third-order valence-corrected chi connectivity index (χ3v) is 4.29. The van der Waals surface area contributed by atoms with Crippen LogP contribution >= 0.6 is 11.6 Å². The highest BCUT2D eigenvalue weighted by atomic mass is 35.5. The van der Waals surface area contributed by atoms with Gasteiger partial charge in [0.05, 0.1) is 7.11 Å². The summed E-state index contributed by atoms with van der Waals surface area (Å²) in [5, 5.41) is 0.864. The molecule has 0 heterocycles. The maximum absolute atomic E-state index is 6.37. The zero-order chi connectivity index (χ0) is 13.2. The maximum atomic E-state index is 6.37. The number of fused-ring (bicyclic) bond motifs is 1. The summed E-state index contributed by atoms with van der Waals surface area (Å²) in [7, 11) is 1.72. The first kappa shape index (κ1) is 12.6. The van der Waals surface area contributed by atoms with Gasteiger partial charge in [0.15, 0.2) is 0 Å². The number of hydrogen-bond acceptors (Lipinski definition) is 1. The molecule has 2 aromatic rings. The normalized spacial score (nSPS) is 17.9. The second-order valence-electron chi connectivity index (χ2n) is 5.03. The smallest absolute Gasteiger partial charge is 0.119 e. The fourth-order valence-electron chi connectivity index (χ4n) is 2.98. The quantitative estimate of drug-likeness (QED) is 0.762. The zero-order valence-electron chi connectivity index (χ0n) is 11.0. The molecule has 19 heavy (non-hydrogen) atoms. The summed E-state index contributed by atoms with van der Waals surface area (Å²) in [5.41, 5.74) is 4.04. The molecule has 0 saturated carbocycles. The Kier molecular flexibility index (Phi) is 3.48. The third kappa shape index (κ3) is 2.35. The van der Waals surface area contributed by atoms with E-state index in [9.17, 15) is 0 Å². The molecule has 0 spiro atoms. The summed E-state index contributed by atoms with van der Waals surface area (Å²) in [4.78, 5) is 0. The summed E-state index contributed by atoms with van der Waals surface area (Å²) in [6.45, 7) is 0. The van der Waals surface area contributed by atoms with E-state index in [0.717, 1.165) is 23.6 Å². The Labute approximate surface area is 119 Å². The maximum Gasteiger partial charge on any atom is 0.119 e. The van der Waals surface area contributed by atoms with Gasteiger partial charge in [0.2, 0.25) is 0 Å². The van der Waals surface area contributed by atoms with Crippen molar-refractivity contribution in [3.05, 3.63) is 64.2 Å². The monoisotopic (exact) mass is 272 g/mol. The molecule has 2 heteroatoms. The Hall–Kier alpha value is -1.47. The molecule has 0 bridgehead atoms. The van der Waals surface area contributed by atoms with E-state index in [1.807, 2.05) is 18.2 Å². The topological polar surface area (TPSA) is 9.23 Å². The van der Waals surface area contributed by atoms with Gasteiger partial charge in [-0.3, -0.25) is 0 Å². The average molecular weight is 273 g/mol. The molecule has 0 saturated heterocycles. The largest absolute Gasteiger partial charge is 0.497 e. The lowest BCUT2D eigenvalue weighted by Gasteiger charge is -2.27. The van der Waals surface area contributed by atoms with Gasteiger partial charge in [-0.25, -0.2) is 0 Å². The van der Waals surface area contributed by atoms with Crippen molar-refractivity contribution in [1.82, 2.24) is 0 Å². The molecule has 0 aliphatic heterocycles. The van der Waals surface area contributed by atoms with Crippen molar-refractivity contribution in [3.63, 3.8) is 0 Å². The highest BCUT2D eigenvalue weighted by Crippen LogP contribution is 2.40. The van der Waals surface area contributed by atoms with Crippen molar-refractivity contribution >= 4 is 11.6 Å². The molecule has 2 aromatic carbocycles. The lowest BCUT2D eigenvalue weighted by atomic mass is 9.79. The van der Waals surface area contributed by atoms with Gasteiger partial charge in [0.1, 0.15) is 5.75 Å². The number of rotatable bonds is 2. The minimum atomic E-state index is 0.396. The zero-order valence-corrected chi connectivity index (χ0v) is 11.8. The van der Waals surface area contributed by atoms with Gasteiger partial charge in [-0.1, -0.05) is 35.9 Å². The van der Waals surface area contributed by atoms with Gasteiger partial charge in [0, 0.05) is 10.9 Å². The van der Waals surface area contributed by atoms with Crippen LogP contribution in [0.1, 0.15) is 35.4 Å². The van der Waals surface area contributed by atoms with Crippen molar-refractivity contribution < 1.29 is 4.74 Å². The van der Waals surface area contributed by atoms with E-state index in [4.69, 9.17) is 16.3 Å². The van der Waals surface area contributed by atoms with E-state index in [1.165, 1.54) is 23.1 Å². The van der Waals surface area contributed by atoms with Crippen molar-refractivity contribution in [2.75, 3.05) is 7.11 Å². The molecule has 0 radical (unpaired) electrons. The minimum Gasteiger partial charge on any atom is -0.497 e. The van der Waals surface area contributed by atoms with Crippen LogP contribution in [0.25, 0.3) is 0 Å². The van der Waals surface area contributed by atoms with E-state index in [1.54, 1.807) is 7.11 Å². The van der Waals surface area contributed by atoms with E-state index in [2.05, 4.69) is 24.3 Å². The van der Waals surface area contributed by atoms with Crippen molar-refractivity contribution in [2.45, 2.75) is 25.2 Å². The Balaban J connectivity index is 2.09. The standard InChI is InChI=1S/C17H17ClO/c1-19-13-10-9-12-5-4-7-14(16(12)11-13)15-6-2-3-8-17(15)18/h2-3,6,8-11,14H,4-5,7H2,1H3. The average Bonchev–Trinajstić information content (AvgIpc) is 2.47. The first-order valence-electron chi connectivity index (χ1n) is 6.71. The number of benzene rings is 2. The molecule has 0 aromatic heterocycles. The molecule has 0 amide bonds. The SMILES string of the molecule is COc1ccc2c(c1)C(c1ccccc1Cl)CCC2. The molecule has 1 aliphatic carbocycles. The van der Waals surface area contributed by atoms with Crippen molar-refractivity contribution in [2.24, 2.45) is 0 Å². The Morgan fingerprint density at radius 3 is 2.74 bits per heavy atom. The van der Waals surface area contributed by atoms with Crippen LogP contribution in [-0.2, 0) is 6.42 Å². The van der Waals surface area contributed by atoms with Crippen LogP contribution in [0.4, 0.5) is 0 Å². The number of hydrogen-bond donors (Lipinski definition) is 0. The second kappa shape index (κ2) is 5.26. The van der Waals surface area contributed by atoms with E-state index in [-0.39, 0.29) is 0 Å². The molecule has 0 N–H and O–H groups in total. The van der Waals surface area contributed by atoms with E-state index >= 15 is 0 Å². The minimum absolute atomic E-state index is 0.396. The fourth-order valence-corrected chi connectivity index (χ4v) is 3.25. The number of ether oxygens (including phenoxy) is 1. The molecule has 1 unspecified atom stereocenters. The summed E-state index contributed by atoms with van der Waals surface area (Å²) in [6.07, 6.45) is 3.53. The van der Waals surface area contributed by atoms with Crippen LogP contribution in [0.2, 0.25) is 5.02 Å². The summed E-state index contributed by atoms with van der Waals surface area (Å²) >= 11 is 6.37. The first-order chi connectivity index (χ1) is 9.29. The molecule has 0 fully saturated rings. The lowest BCUT2D eigenvalue weighted by molar-refractivity contribution is 0.413. The molecular formula is C17H17ClO. The molecule has 1 atom stereocenters. The van der Waals surface area contributed by atoms with Crippen LogP contribution in [0.5, 0.6) is 5.75 Å². The Morgan fingerprint density at radius 1 is 1.11 bits per heavy atom. The van der Waals surface area contributed by atoms with Crippen LogP contribution < -0.4 is 4.74 Å². The van der Waals surface area contributed by atoms with Crippen LogP contribution in [0.3, 0.4) is 0 Å². The number of halogens is 1. The van der Waals surface area contributed by atoms with Crippen molar-refractivity contribution in [1.29, 1.82) is 0 Å². The number of methoxy groups -OCH3 is 1. The summed E-state index contributed by atoms with van der Waals surface area (Å²) < 4.78 is 5.36. The van der Waals surface area contributed by atoms with Gasteiger partial charge >= 0.3 is 0 Å². The van der Waals surface area contributed by atoms with Gasteiger partial charge in [-0.2, -0.15) is 0 Å². The van der Waals surface area contributed by atoms with Gasteiger partial charge in [0.25, 0.3) is 0 Å². The first-order valence-corrected chi connectivity index (χ1v) is 7.08. The summed E-state index contributed by atoms with van der Waals surface area (Å²) in [5.74, 6) is 1.32. The fraction of sp³-hybridized carbons (Fsp3) is 0.294. The molecule has 98 valence electrons. The van der Waals surface area contributed by atoms with Crippen LogP contribution in [0.15, 0.2) is 42.5 Å². The second-order valence-corrected chi connectivity index (χ2v) is 5.44. The van der Waals surface area contributed by atoms with Crippen LogP contribution in [-0.4, -0.2) is 7.11 Å². The van der Waals surface area contributed by atoms with E-state index in [0.29, 0.717) is 5.92 Å². The molecule has 1 nitrogen and oxygen atoms in total. The Morgan fingerprint density at radius 2 is 1.95 bits per heavy atom. The lowest BCUT2D eigenvalue weighted by Crippen LogP contribution is -2.11. The Bertz CT molecular complexity index is 592. The predicted octanol–water partition coefficient (Wildman–Crippen LogP) is 4.82. The third-order valence-electron chi connectivity index (χ3n) is 3.95. The molecule has 1 aliphatic rings.